The van der Waals surface area contributed by atoms with Gasteiger partial charge in [-0.1, -0.05) is 6.92 Å². The van der Waals surface area contributed by atoms with Crippen LogP contribution < -0.4 is 10.6 Å². The molecule has 1 rings (SSSR count). The highest BCUT2D eigenvalue weighted by atomic mass is 16.6. The minimum Gasteiger partial charge on any atom is -0.444 e. The van der Waals surface area contributed by atoms with Gasteiger partial charge in [-0.25, -0.2) is 14.8 Å². The lowest BCUT2D eigenvalue weighted by atomic mass is 10.2. The van der Waals surface area contributed by atoms with Gasteiger partial charge in [0.25, 0.3) is 0 Å². The fourth-order valence-corrected chi connectivity index (χ4v) is 1.58. The lowest BCUT2D eigenvalue weighted by molar-refractivity contribution is 0.0502. The normalized spacial score (nSPS) is 12.8. The maximum Gasteiger partial charge on any atom is 0.407 e. The molecule has 112 valence electrons. The summed E-state index contributed by atoms with van der Waals surface area (Å²) in [7, 11) is 0. The van der Waals surface area contributed by atoms with Crippen molar-refractivity contribution in [3.63, 3.8) is 0 Å². The van der Waals surface area contributed by atoms with E-state index in [1.54, 1.807) is 12.4 Å². The first-order chi connectivity index (χ1) is 9.40. The van der Waals surface area contributed by atoms with Crippen LogP contribution in [0.25, 0.3) is 0 Å². The molecular weight excluding hydrogens is 256 g/mol. The van der Waals surface area contributed by atoms with Gasteiger partial charge in [-0.05, 0) is 27.2 Å². The average molecular weight is 280 g/mol. The van der Waals surface area contributed by atoms with Crippen molar-refractivity contribution in [3.05, 3.63) is 24.3 Å². The Kier molecular flexibility index (Phi) is 6.38. The molecule has 0 aromatic carbocycles. The average Bonchev–Trinajstić information content (AvgIpc) is 2.36. The number of hydrogen-bond acceptors (Lipinski definition) is 5. The molecule has 20 heavy (non-hydrogen) atoms. The molecule has 1 unspecified atom stereocenters. The second-order valence-electron chi connectivity index (χ2n) is 5.63. The summed E-state index contributed by atoms with van der Waals surface area (Å²) < 4.78 is 5.24. The zero-order valence-electron chi connectivity index (χ0n) is 12.6. The van der Waals surface area contributed by atoms with Gasteiger partial charge in [0.05, 0.1) is 0 Å². The molecule has 0 aliphatic carbocycles. The number of amides is 1. The first kappa shape index (κ1) is 16.4. The Morgan fingerprint density at radius 1 is 1.35 bits per heavy atom. The number of hydrogen-bond donors (Lipinski definition) is 2. The number of ether oxygens (including phenoxy) is 1. The van der Waals surface area contributed by atoms with Gasteiger partial charge in [0.1, 0.15) is 11.9 Å². The van der Waals surface area contributed by atoms with Crippen LogP contribution in [0.4, 0.5) is 4.79 Å². The Balaban J connectivity index is 2.31. The third-order valence-corrected chi connectivity index (χ3v) is 2.55. The molecule has 0 spiro atoms. The molecule has 1 atom stereocenters. The Hall–Kier alpha value is -1.69. The van der Waals surface area contributed by atoms with Crippen molar-refractivity contribution >= 4 is 6.09 Å². The van der Waals surface area contributed by atoms with Crippen molar-refractivity contribution in [1.82, 2.24) is 20.6 Å². The smallest absolute Gasteiger partial charge is 0.407 e. The van der Waals surface area contributed by atoms with E-state index in [2.05, 4.69) is 20.6 Å². The fourth-order valence-electron chi connectivity index (χ4n) is 1.58. The van der Waals surface area contributed by atoms with E-state index in [-0.39, 0.29) is 12.1 Å². The van der Waals surface area contributed by atoms with Crippen molar-refractivity contribution in [2.24, 2.45) is 0 Å². The molecule has 0 radical (unpaired) electrons. The number of carbonyl (C=O) groups excluding carboxylic acids is 1. The summed E-state index contributed by atoms with van der Waals surface area (Å²) in [6.07, 6.45) is 5.49. The minimum atomic E-state index is -0.475. The van der Waals surface area contributed by atoms with Gasteiger partial charge < -0.3 is 15.4 Å². The molecule has 0 saturated heterocycles. The van der Waals surface area contributed by atoms with E-state index < -0.39 is 5.60 Å². The molecule has 1 aromatic heterocycles. The molecule has 1 heterocycles. The Morgan fingerprint density at radius 2 is 2.00 bits per heavy atom. The van der Waals surface area contributed by atoms with E-state index in [0.29, 0.717) is 13.1 Å². The van der Waals surface area contributed by atoms with E-state index in [9.17, 15) is 4.79 Å². The molecule has 6 nitrogen and oxygen atoms in total. The van der Waals surface area contributed by atoms with Crippen molar-refractivity contribution < 1.29 is 9.53 Å². The van der Waals surface area contributed by atoms with Crippen molar-refractivity contribution in [3.8, 4) is 0 Å². The van der Waals surface area contributed by atoms with Gasteiger partial charge >= 0.3 is 6.09 Å². The maximum absolute atomic E-state index is 11.7. The molecule has 0 aliphatic rings. The SMILES string of the molecule is CCC(CNCc1cncnc1)NC(=O)OC(C)(C)C. The van der Waals surface area contributed by atoms with Crippen LogP contribution in [0.1, 0.15) is 39.7 Å². The summed E-state index contributed by atoms with van der Waals surface area (Å²) in [5.41, 5.74) is 0.539. The summed E-state index contributed by atoms with van der Waals surface area (Å²) in [6, 6.07) is 0.0366. The molecule has 0 bridgehead atoms. The van der Waals surface area contributed by atoms with E-state index in [1.165, 1.54) is 6.33 Å². The van der Waals surface area contributed by atoms with Crippen LogP contribution >= 0.6 is 0 Å². The largest absolute Gasteiger partial charge is 0.444 e. The van der Waals surface area contributed by atoms with Gasteiger partial charge in [0, 0.05) is 37.1 Å². The van der Waals surface area contributed by atoms with Crippen LogP contribution in [0.3, 0.4) is 0 Å². The van der Waals surface area contributed by atoms with Gasteiger partial charge in [0.15, 0.2) is 0 Å². The highest BCUT2D eigenvalue weighted by molar-refractivity contribution is 5.68. The Bertz CT molecular complexity index is 403. The highest BCUT2D eigenvalue weighted by Crippen LogP contribution is 2.07. The summed E-state index contributed by atoms with van der Waals surface area (Å²) in [5.74, 6) is 0. The zero-order chi connectivity index (χ0) is 15.0. The van der Waals surface area contributed by atoms with E-state index in [0.717, 1.165) is 12.0 Å². The highest BCUT2D eigenvalue weighted by Gasteiger charge is 2.18. The number of carbonyl (C=O) groups is 1. The minimum absolute atomic E-state index is 0.0366. The van der Waals surface area contributed by atoms with Crippen molar-refractivity contribution in [1.29, 1.82) is 0 Å². The lowest BCUT2D eigenvalue weighted by Crippen LogP contribution is -2.43. The molecular formula is C14H24N4O2. The topological polar surface area (TPSA) is 76.1 Å². The zero-order valence-corrected chi connectivity index (χ0v) is 12.6. The van der Waals surface area contributed by atoms with Crippen LogP contribution in [0.15, 0.2) is 18.7 Å². The van der Waals surface area contributed by atoms with Crippen LogP contribution in [-0.4, -0.2) is 34.2 Å². The molecule has 0 aliphatic heterocycles. The summed E-state index contributed by atoms with van der Waals surface area (Å²) in [4.78, 5) is 19.6. The molecule has 1 amide bonds. The van der Waals surface area contributed by atoms with Crippen molar-refractivity contribution in [2.75, 3.05) is 6.54 Å². The van der Waals surface area contributed by atoms with Crippen molar-refractivity contribution in [2.45, 2.75) is 52.3 Å². The van der Waals surface area contributed by atoms with E-state index in [1.807, 2.05) is 27.7 Å². The monoisotopic (exact) mass is 280 g/mol. The van der Waals surface area contributed by atoms with Crippen LogP contribution in [-0.2, 0) is 11.3 Å². The van der Waals surface area contributed by atoms with Gasteiger partial charge in [-0.15, -0.1) is 0 Å². The molecule has 6 heteroatoms. The van der Waals surface area contributed by atoms with Crippen LogP contribution in [0.2, 0.25) is 0 Å². The first-order valence-electron chi connectivity index (χ1n) is 6.85. The number of nitrogens with zero attached hydrogens (tertiary/aromatic N) is 2. The molecule has 0 fully saturated rings. The second-order valence-corrected chi connectivity index (χ2v) is 5.63. The molecule has 0 saturated carbocycles. The van der Waals surface area contributed by atoms with Gasteiger partial charge in [-0.2, -0.15) is 0 Å². The predicted molar refractivity (Wildman–Crippen MR) is 77.2 cm³/mol. The first-order valence-corrected chi connectivity index (χ1v) is 6.85. The molecule has 1 aromatic rings. The van der Waals surface area contributed by atoms with Crippen LogP contribution in [0, 0.1) is 0 Å². The Morgan fingerprint density at radius 3 is 2.55 bits per heavy atom. The number of alkyl carbamates (subject to hydrolysis) is 1. The standard InChI is InChI=1S/C14H24N4O2/c1-5-12(18-13(19)20-14(2,3)4)9-15-6-11-7-16-10-17-8-11/h7-8,10,12,15H,5-6,9H2,1-4H3,(H,18,19). The summed E-state index contributed by atoms with van der Waals surface area (Å²) in [6.45, 7) is 8.91. The second kappa shape index (κ2) is 7.79. The molecule has 2 N–H and O–H groups in total. The van der Waals surface area contributed by atoms with E-state index >= 15 is 0 Å². The summed E-state index contributed by atoms with van der Waals surface area (Å²) >= 11 is 0. The number of nitrogens with one attached hydrogen (secondary N) is 2. The van der Waals surface area contributed by atoms with Crippen LogP contribution in [0.5, 0.6) is 0 Å². The predicted octanol–water partition coefficient (Wildman–Crippen LogP) is 1.87. The maximum atomic E-state index is 11.7. The quantitative estimate of drug-likeness (QED) is 0.832. The summed E-state index contributed by atoms with van der Waals surface area (Å²) in [5, 5.41) is 6.13. The fraction of sp³-hybridized carbons (Fsp3) is 0.643. The lowest BCUT2D eigenvalue weighted by Gasteiger charge is -2.23. The van der Waals surface area contributed by atoms with Gasteiger partial charge in [0.2, 0.25) is 0 Å². The third kappa shape index (κ3) is 7.04. The number of rotatable bonds is 6. The third-order valence-electron chi connectivity index (χ3n) is 2.55. The van der Waals surface area contributed by atoms with E-state index in [4.69, 9.17) is 4.74 Å². The Labute approximate surface area is 120 Å². The number of aromatic nitrogens is 2. The van der Waals surface area contributed by atoms with Gasteiger partial charge in [-0.3, -0.25) is 0 Å².